The average molecular weight is 303 g/mol. The van der Waals surface area contributed by atoms with Gasteiger partial charge < -0.3 is 15.0 Å². The number of hydrogen-bond acceptors (Lipinski definition) is 2. The minimum absolute atomic E-state index is 0.0938. The van der Waals surface area contributed by atoms with Gasteiger partial charge in [0, 0.05) is 12.0 Å². The second-order valence-corrected chi connectivity index (χ2v) is 7.31. The monoisotopic (exact) mass is 303 g/mol. The number of amides is 1. The zero-order valence-electron chi connectivity index (χ0n) is 13.9. The minimum Gasteiger partial charge on any atom is -0.485 e. The van der Waals surface area contributed by atoms with E-state index >= 15 is 0 Å². The summed E-state index contributed by atoms with van der Waals surface area (Å²) in [6, 6.07) is 4.05. The molecule has 0 atom stereocenters. The van der Waals surface area contributed by atoms with Crippen LogP contribution < -0.4 is 15.0 Å². The van der Waals surface area contributed by atoms with Crippen molar-refractivity contribution in [1.82, 2.24) is 0 Å². The van der Waals surface area contributed by atoms with Gasteiger partial charge in [-0.25, -0.2) is 0 Å². The Morgan fingerprint density at radius 3 is 2.73 bits per heavy atom. The number of quaternary nitrogens is 1. The van der Waals surface area contributed by atoms with Crippen LogP contribution in [0.4, 0.5) is 5.69 Å². The van der Waals surface area contributed by atoms with Gasteiger partial charge in [-0.15, -0.1) is 0 Å². The fourth-order valence-electron chi connectivity index (χ4n) is 3.55. The zero-order chi connectivity index (χ0) is 15.7. The Labute approximate surface area is 132 Å². The molecule has 1 saturated heterocycles. The van der Waals surface area contributed by atoms with Crippen molar-refractivity contribution in [1.29, 1.82) is 0 Å². The molecule has 2 aliphatic rings. The van der Waals surface area contributed by atoms with E-state index in [1.165, 1.54) is 35.3 Å². The van der Waals surface area contributed by atoms with Crippen LogP contribution in [-0.4, -0.2) is 31.1 Å². The summed E-state index contributed by atoms with van der Waals surface area (Å²) in [6.45, 7) is 9.08. The summed E-state index contributed by atoms with van der Waals surface area (Å²) in [6.07, 6.45) is 4.68. The van der Waals surface area contributed by atoms with Crippen LogP contribution in [0.2, 0.25) is 0 Å². The first-order valence-electron chi connectivity index (χ1n) is 8.39. The van der Waals surface area contributed by atoms with Crippen molar-refractivity contribution >= 4 is 11.6 Å². The van der Waals surface area contributed by atoms with Crippen LogP contribution in [0.1, 0.15) is 44.2 Å². The van der Waals surface area contributed by atoms with Gasteiger partial charge in [0.1, 0.15) is 11.4 Å². The highest BCUT2D eigenvalue weighted by molar-refractivity contribution is 5.93. The SMILES string of the molecule is Cc1ccc(NC(=O)C[NH+]2CCCCC2)c2c1CC(C)(C)O2. The number of aryl methyl sites for hydroxylation is 1. The minimum atomic E-state index is -0.188. The van der Waals surface area contributed by atoms with Crippen molar-refractivity contribution in [3.05, 3.63) is 23.3 Å². The van der Waals surface area contributed by atoms with Gasteiger partial charge in [0.25, 0.3) is 5.91 Å². The third-order valence-corrected chi connectivity index (χ3v) is 4.72. The third-order valence-electron chi connectivity index (χ3n) is 4.72. The molecular weight excluding hydrogens is 276 g/mol. The number of nitrogens with one attached hydrogen (secondary N) is 2. The van der Waals surface area contributed by atoms with Crippen LogP contribution in [-0.2, 0) is 11.2 Å². The van der Waals surface area contributed by atoms with Crippen LogP contribution in [0.15, 0.2) is 12.1 Å². The lowest BCUT2D eigenvalue weighted by molar-refractivity contribution is -0.896. The van der Waals surface area contributed by atoms with Crippen molar-refractivity contribution in [3.8, 4) is 5.75 Å². The van der Waals surface area contributed by atoms with E-state index in [9.17, 15) is 4.79 Å². The molecule has 2 aliphatic heterocycles. The molecule has 0 unspecified atom stereocenters. The maximum Gasteiger partial charge on any atom is 0.279 e. The van der Waals surface area contributed by atoms with E-state index < -0.39 is 0 Å². The predicted octanol–water partition coefficient (Wildman–Crippen LogP) is 1.72. The van der Waals surface area contributed by atoms with Crippen molar-refractivity contribution in [2.45, 2.75) is 52.1 Å². The lowest BCUT2D eigenvalue weighted by Gasteiger charge is -2.23. The molecule has 0 aromatic heterocycles. The molecular formula is C18H27N2O2+. The first-order chi connectivity index (χ1) is 10.4. The Hall–Kier alpha value is -1.55. The number of likely N-dealkylation sites (tertiary alicyclic amines) is 1. The zero-order valence-corrected chi connectivity index (χ0v) is 13.9. The molecule has 4 heteroatoms. The highest BCUT2D eigenvalue weighted by Gasteiger charge is 2.33. The maximum atomic E-state index is 12.3. The van der Waals surface area contributed by atoms with Crippen molar-refractivity contribution in [3.63, 3.8) is 0 Å². The number of benzene rings is 1. The van der Waals surface area contributed by atoms with Gasteiger partial charge in [-0.3, -0.25) is 4.79 Å². The molecule has 0 spiro atoms. The van der Waals surface area contributed by atoms with E-state index in [4.69, 9.17) is 4.74 Å². The fraction of sp³-hybridized carbons (Fsp3) is 0.611. The van der Waals surface area contributed by atoms with E-state index in [1.54, 1.807) is 0 Å². The predicted molar refractivity (Wildman–Crippen MR) is 87.6 cm³/mol. The fourth-order valence-corrected chi connectivity index (χ4v) is 3.55. The Balaban J connectivity index is 1.71. The number of ether oxygens (including phenoxy) is 1. The summed E-state index contributed by atoms with van der Waals surface area (Å²) in [5.74, 6) is 0.961. The number of carbonyl (C=O) groups excluding carboxylic acids is 1. The van der Waals surface area contributed by atoms with Gasteiger partial charge in [-0.2, -0.15) is 0 Å². The molecule has 120 valence electrons. The van der Waals surface area contributed by atoms with Crippen molar-refractivity contribution in [2.75, 3.05) is 25.0 Å². The number of carbonyl (C=O) groups is 1. The third kappa shape index (κ3) is 3.27. The number of piperidine rings is 1. The van der Waals surface area contributed by atoms with Crippen LogP contribution in [0.5, 0.6) is 5.75 Å². The number of fused-ring (bicyclic) bond motifs is 1. The molecule has 2 N–H and O–H groups in total. The molecule has 0 bridgehead atoms. The second kappa shape index (κ2) is 5.92. The van der Waals surface area contributed by atoms with E-state index in [0.29, 0.717) is 6.54 Å². The Morgan fingerprint density at radius 1 is 1.27 bits per heavy atom. The summed E-state index contributed by atoms with van der Waals surface area (Å²) in [7, 11) is 0. The first kappa shape index (κ1) is 15.3. The number of anilines is 1. The van der Waals surface area contributed by atoms with Crippen molar-refractivity contribution in [2.24, 2.45) is 0 Å². The molecule has 3 rings (SSSR count). The van der Waals surface area contributed by atoms with Crippen LogP contribution in [0.3, 0.4) is 0 Å². The van der Waals surface area contributed by atoms with E-state index in [-0.39, 0.29) is 11.5 Å². The highest BCUT2D eigenvalue weighted by Crippen LogP contribution is 2.42. The molecule has 1 aromatic rings. The highest BCUT2D eigenvalue weighted by atomic mass is 16.5. The van der Waals surface area contributed by atoms with Gasteiger partial charge in [-0.05, 0) is 51.7 Å². The summed E-state index contributed by atoms with van der Waals surface area (Å²) in [5.41, 5.74) is 3.10. The lowest BCUT2D eigenvalue weighted by atomic mass is 9.97. The molecule has 0 saturated carbocycles. The van der Waals surface area contributed by atoms with Gasteiger partial charge in [0.05, 0.1) is 18.8 Å². The van der Waals surface area contributed by atoms with Crippen LogP contribution in [0, 0.1) is 6.92 Å². The topological polar surface area (TPSA) is 42.8 Å². The molecule has 1 amide bonds. The van der Waals surface area contributed by atoms with E-state index in [2.05, 4.69) is 32.2 Å². The summed E-state index contributed by atoms with van der Waals surface area (Å²) >= 11 is 0. The largest absolute Gasteiger partial charge is 0.485 e. The molecule has 2 heterocycles. The van der Waals surface area contributed by atoms with Gasteiger partial charge >= 0.3 is 0 Å². The van der Waals surface area contributed by atoms with Crippen LogP contribution >= 0.6 is 0 Å². The molecule has 1 aromatic carbocycles. The molecule has 1 fully saturated rings. The van der Waals surface area contributed by atoms with Gasteiger partial charge in [-0.1, -0.05) is 6.07 Å². The van der Waals surface area contributed by atoms with E-state index in [0.717, 1.165) is 30.9 Å². The lowest BCUT2D eigenvalue weighted by Crippen LogP contribution is -3.13. The van der Waals surface area contributed by atoms with Crippen LogP contribution in [0.25, 0.3) is 0 Å². The maximum absolute atomic E-state index is 12.3. The van der Waals surface area contributed by atoms with Gasteiger partial charge in [0.15, 0.2) is 6.54 Å². The summed E-state index contributed by atoms with van der Waals surface area (Å²) in [4.78, 5) is 13.7. The number of hydrogen-bond donors (Lipinski definition) is 2. The normalized spacial score (nSPS) is 20.3. The quantitative estimate of drug-likeness (QED) is 0.893. The Kier molecular flexibility index (Phi) is 4.13. The standard InChI is InChI=1S/C18H26N2O2/c1-13-7-8-15(17-14(13)11-18(2,3)22-17)19-16(21)12-20-9-5-4-6-10-20/h7-8H,4-6,9-12H2,1-3H3,(H,19,21)/p+1. The average Bonchev–Trinajstić information content (AvgIpc) is 2.80. The molecule has 0 aliphatic carbocycles. The smallest absolute Gasteiger partial charge is 0.279 e. The summed E-state index contributed by atoms with van der Waals surface area (Å²) < 4.78 is 6.08. The van der Waals surface area contributed by atoms with Crippen molar-refractivity contribution < 1.29 is 14.4 Å². The molecule has 0 radical (unpaired) electrons. The first-order valence-corrected chi connectivity index (χ1v) is 8.39. The van der Waals surface area contributed by atoms with Gasteiger partial charge in [0.2, 0.25) is 0 Å². The molecule has 22 heavy (non-hydrogen) atoms. The summed E-state index contributed by atoms with van der Waals surface area (Å²) in [5, 5.41) is 3.07. The van der Waals surface area contributed by atoms with E-state index in [1.807, 2.05) is 6.07 Å². The Bertz CT molecular complexity index is 575. The Morgan fingerprint density at radius 2 is 2.00 bits per heavy atom. The molecule has 4 nitrogen and oxygen atoms in total. The number of rotatable bonds is 3. The second-order valence-electron chi connectivity index (χ2n) is 7.31.